The van der Waals surface area contributed by atoms with Crippen molar-refractivity contribution in [2.24, 2.45) is 0 Å². The lowest BCUT2D eigenvalue weighted by Gasteiger charge is -2.32. The first-order chi connectivity index (χ1) is 9.20. The minimum absolute atomic E-state index is 0.257. The summed E-state index contributed by atoms with van der Waals surface area (Å²) >= 11 is 0. The lowest BCUT2D eigenvalue weighted by molar-refractivity contribution is 0.118. The summed E-state index contributed by atoms with van der Waals surface area (Å²) in [6.07, 6.45) is 1.21. The first kappa shape index (κ1) is 14.5. The van der Waals surface area contributed by atoms with E-state index in [0.717, 1.165) is 26.2 Å². The summed E-state index contributed by atoms with van der Waals surface area (Å²) in [5.74, 6) is 0. The Balaban J connectivity index is 1.88. The zero-order valence-electron chi connectivity index (χ0n) is 12.1. The maximum absolute atomic E-state index is 9.19. The molecule has 0 amide bonds. The van der Waals surface area contributed by atoms with E-state index < -0.39 is 0 Å². The van der Waals surface area contributed by atoms with E-state index in [1.54, 1.807) is 0 Å². The number of hydrogen-bond acceptors (Lipinski definition) is 3. The Labute approximate surface area is 116 Å². The van der Waals surface area contributed by atoms with Gasteiger partial charge in [-0.1, -0.05) is 30.3 Å². The van der Waals surface area contributed by atoms with Crippen molar-refractivity contribution in [3.8, 4) is 0 Å². The molecule has 3 nitrogen and oxygen atoms in total. The molecule has 1 fully saturated rings. The molecule has 1 atom stereocenters. The highest BCUT2D eigenvalue weighted by atomic mass is 16.3. The van der Waals surface area contributed by atoms with E-state index >= 15 is 0 Å². The Morgan fingerprint density at radius 1 is 1.32 bits per heavy atom. The van der Waals surface area contributed by atoms with E-state index in [1.165, 1.54) is 12.0 Å². The van der Waals surface area contributed by atoms with Crippen molar-refractivity contribution in [3.05, 3.63) is 35.9 Å². The van der Waals surface area contributed by atoms with Crippen molar-refractivity contribution >= 4 is 0 Å². The molecule has 0 saturated carbocycles. The van der Waals surface area contributed by atoms with Crippen LogP contribution in [0.4, 0.5) is 0 Å². The zero-order chi connectivity index (χ0) is 13.7. The minimum Gasteiger partial charge on any atom is -0.395 e. The fourth-order valence-electron chi connectivity index (χ4n) is 3.05. The largest absolute Gasteiger partial charge is 0.395 e. The number of likely N-dealkylation sites (tertiary alicyclic amines) is 1. The van der Waals surface area contributed by atoms with Gasteiger partial charge in [-0.05, 0) is 25.8 Å². The number of aliphatic hydroxyl groups is 1. The third-order valence-electron chi connectivity index (χ3n) is 3.99. The van der Waals surface area contributed by atoms with E-state index in [2.05, 4.69) is 54.0 Å². The van der Waals surface area contributed by atoms with Crippen LogP contribution in [0, 0.1) is 0 Å². The smallest absolute Gasteiger partial charge is 0.0558 e. The molecule has 0 radical (unpaired) electrons. The summed E-state index contributed by atoms with van der Waals surface area (Å²) in [6.45, 7) is 8.81. The molecule has 2 rings (SSSR count). The molecule has 0 aliphatic carbocycles. The third kappa shape index (κ3) is 4.03. The molecule has 1 heterocycles. The van der Waals surface area contributed by atoms with Crippen molar-refractivity contribution in [2.75, 3.05) is 26.2 Å². The van der Waals surface area contributed by atoms with Crippen molar-refractivity contribution < 1.29 is 5.11 Å². The average molecular weight is 262 g/mol. The monoisotopic (exact) mass is 262 g/mol. The molecule has 3 heteroatoms. The Kier molecular flexibility index (Phi) is 5.37. The fraction of sp³-hybridized carbons (Fsp3) is 0.625. The van der Waals surface area contributed by atoms with E-state index in [9.17, 15) is 5.11 Å². The van der Waals surface area contributed by atoms with Crippen LogP contribution in [0.3, 0.4) is 0 Å². The van der Waals surface area contributed by atoms with Crippen molar-refractivity contribution in [1.82, 2.24) is 9.80 Å². The second-order valence-electron chi connectivity index (χ2n) is 5.72. The van der Waals surface area contributed by atoms with Gasteiger partial charge in [0.2, 0.25) is 0 Å². The van der Waals surface area contributed by atoms with Gasteiger partial charge in [0.1, 0.15) is 0 Å². The van der Waals surface area contributed by atoms with Crippen molar-refractivity contribution in [2.45, 2.75) is 38.9 Å². The summed E-state index contributed by atoms with van der Waals surface area (Å²) in [6, 6.07) is 11.8. The quantitative estimate of drug-likeness (QED) is 0.849. The maximum Gasteiger partial charge on any atom is 0.0558 e. The second kappa shape index (κ2) is 7.04. The van der Waals surface area contributed by atoms with Crippen LogP contribution < -0.4 is 0 Å². The summed E-state index contributed by atoms with van der Waals surface area (Å²) < 4.78 is 0. The van der Waals surface area contributed by atoms with Crippen LogP contribution in [0.1, 0.15) is 25.8 Å². The Morgan fingerprint density at radius 3 is 2.68 bits per heavy atom. The van der Waals surface area contributed by atoms with Crippen molar-refractivity contribution in [1.29, 1.82) is 0 Å². The molecule has 0 unspecified atom stereocenters. The predicted octanol–water partition coefficient (Wildman–Crippen LogP) is 1.96. The van der Waals surface area contributed by atoms with Crippen LogP contribution in [0.15, 0.2) is 30.3 Å². The van der Waals surface area contributed by atoms with Crippen LogP contribution >= 0.6 is 0 Å². The Hall–Kier alpha value is -0.900. The molecule has 0 spiro atoms. The highest BCUT2D eigenvalue weighted by Gasteiger charge is 2.28. The molecular formula is C16H26N2O. The molecular weight excluding hydrogens is 236 g/mol. The molecule has 1 saturated heterocycles. The summed E-state index contributed by atoms with van der Waals surface area (Å²) in [4.78, 5) is 4.96. The molecule has 1 N–H and O–H groups in total. The van der Waals surface area contributed by atoms with Gasteiger partial charge >= 0.3 is 0 Å². The number of benzene rings is 1. The summed E-state index contributed by atoms with van der Waals surface area (Å²) in [5, 5.41) is 9.19. The first-order valence-corrected chi connectivity index (χ1v) is 7.33. The molecule has 106 valence electrons. The van der Waals surface area contributed by atoms with Crippen LogP contribution in [-0.4, -0.2) is 53.2 Å². The number of hydrogen-bond donors (Lipinski definition) is 1. The van der Waals surface area contributed by atoms with Gasteiger partial charge < -0.3 is 5.11 Å². The second-order valence-corrected chi connectivity index (χ2v) is 5.72. The van der Waals surface area contributed by atoms with Gasteiger partial charge in [0.05, 0.1) is 6.61 Å². The number of nitrogens with zero attached hydrogens (tertiary/aromatic N) is 2. The highest BCUT2D eigenvalue weighted by Crippen LogP contribution is 2.19. The standard InChI is InChI=1S/C16H26N2O/c1-14(2)18(10-11-19)16-8-9-17(13-16)12-15-6-4-3-5-7-15/h3-7,14,16,19H,8-13H2,1-2H3/t16-/m1/s1. The van der Waals surface area contributed by atoms with E-state index in [4.69, 9.17) is 0 Å². The van der Waals surface area contributed by atoms with Crippen LogP contribution in [0.2, 0.25) is 0 Å². The van der Waals surface area contributed by atoms with Gasteiger partial charge in [-0.2, -0.15) is 0 Å². The number of rotatable bonds is 6. The van der Waals surface area contributed by atoms with E-state index in [-0.39, 0.29) is 6.61 Å². The Morgan fingerprint density at radius 2 is 2.05 bits per heavy atom. The van der Waals surface area contributed by atoms with E-state index in [0.29, 0.717) is 12.1 Å². The molecule has 1 aromatic carbocycles. The first-order valence-electron chi connectivity index (χ1n) is 7.33. The maximum atomic E-state index is 9.19. The SMILES string of the molecule is CC(C)N(CCO)[C@@H]1CCN(Cc2ccccc2)C1. The van der Waals surface area contributed by atoms with Crippen molar-refractivity contribution in [3.63, 3.8) is 0 Å². The summed E-state index contributed by atoms with van der Waals surface area (Å²) in [5.41, 5.74) is 1.39. The number of aliphatic hydroxyl groups excluding tert-OH is 1. The van der Waals surface area contributed by atoms with Gasteiger partial charge in [0.25, 0.3) is 0 Å². The third-order valence-corrected chi connectivity index (χ3v) is 3.99. The van der Waals surface area contributed by atoms with Crippen LogP contribution in [0.5, 0.6) is 0 Å². The molecule has 1 aliphatic heterocycles. The van der Waals surface area contributed by atoms with Gasteiger partial charge in [0.15, 0.2) is 0 Å². The average Bonchev–Trinajstić information content (AvgIpc) is 2.85. The van der Waals surface area contributed by atoms with Crippen LogP contribution in [-0.2, 0) is 6.54 Å². The molecule has 19 heavy (non-hydrogen) atoms. The molecule has 0 aromatic heterocycles. The molecule has 0 bridgehead atoms. The minimum atomic E-state index is 0.257. The lowest BCUT2D eigenvalue weighted by atomic mass is 10.1. The van der Waals surface area contributed by atoms with Gasteiger partial charge in [0, 0.05) is 38.3 Å². The van der Waals surface area contributed by atoms with Crippen LogP contribution in [0.25, 0.3) is 0 Å². The fourth-order valence-corrected chi connectivity index (χ4v) is 3.05. The van der Waals surface area contributed by atoms with Gasteiger partial charge in [-0.3, -0.25) is 9.80 Å². The Bertz CT molecular complexity index is 366. The summed E-state index contributed by atoms with van der Waals surface area (Å²) in [7, 11) is 0. The van der Waals surface area contributed by atoms with Gasteiger partial charge in [-0.15, -0.1) is 0 Å². The molecule has 1 aliphatic rings. The van der Waals surface area contributed by atoms with Gasteiger partial charge in [-0.25, -0.2) is 0 Å². The van der Waals surface area contributed by atoms with E-state index in [1.807, 2.05) is 0 Å². The normalized spacial score (nSPS) is 20.6. The lowest BCUT2D eigenvalue weighted by Crippen LogP contribution is -2.43. The topological polar surface area (TPSA) is 26.7 Å². The molecule has 1 aromatic rings. The zero-order valence-corrected chi connectivity index (χ0v) is 12.1. The predicted molar refractivity (Wildman–Crippen MR) is 79.1 cm³/mol. The highest BCUT2D eigenvalue weighted by molar-refractivity contribution is 5.14.